The topological polar surface area (TPSA) is 66.3 Å². The molecule has 3 aromatic rings. The molecule has 0 unspecified atom stereocenters. The van der Waals surface area contributed by atoms with Crippen LogP contribution in [0.15, 0.2) is 67.3 Å². The summed E-state index contributed by atoms with van der Waals surface area (Å²) in [7, 11) is 0. The number of benzene rings is 2. The highest BCUT2D eigenvalue weighted by Gasteiger charge is 2.16. The zero-order valence-corrected chi connectivity index (χ0v) is 17.9. The van der Waals surface area contributed by atoms with Gasteiger partial charge in [0.25, 0.3) is 5.91 Å². The van der Waals surface area contributed by atoms with Crippen LogP contribution in [0.3, 0.4) is 0 Å². The molecule has 0 radical (unpaired) electrons. The van der Waals surface area contributed by atoms with Gasteiger partial charge in [0.2, 0.25) is 0 Å². The molecule has 1 aliphatic rings. The van der Waals surface area contributed by atoms with E-state index >= 15 is 0 Å². The van der Waals surface area contributed by atoms with E-state index in [2.05, 4.69) is 55.5 Å². The molecule has 1 saturated heterocycles. The Morgan fingerprint density at radius 1 is 0.871 bits per heavy atom. The summed E-state index contributed by atoms with van der Waals surface area (Å²) < 4.78 is 1.76. The molecule has 1 aromatic heterocycles. The van der Waals surface area contributed by atoms with Gasteiger partial charge in [-0.15, -0.1) is 0 Å². The molecule has 0 saturated carbocycles. The third kappa shape index (κ3) is 6.47. The van der Waals surface area contributed by atoms with Crippen molar-refractivity contribution in [2.45, 2.75) is 19.5 Å². The lowest BCUT2D eigenvalue weighted by atomic mass is 10.1. The van der Waals surface area contributed by atoms with Crippen LogP contribution >= 0.6 is 0 Å². The highest BCUT2D eigenvalue weighted by molar-refractivity contribution is 5.94. The van der Waals surface area contributed by atoms with Crippen LogP contribution in [-0.4, -0.2) is 69.7 Å². The summed E-state index contributed by atoms with van der Waals surface area (Å²) in [5, 5.41) is 7.14. The molecule has 1 amide bonds. The van der Waals surface area contributed by atoms with E-state index in [9.17, 15) is 4.79 Å². The molecular weight excluding hydrogens is 388 g/mol. The Kier molecular flexibility index (Phi) is 7.41. The van der Waals surface area contributed by atoms with Crippen LogP contribution in [0.25, 0.3) is 0 Å². The van der Waals surface area contributed by atoms with E-state index in [1.807, 2.05) is 24.3 Å². The van der Waals surface area contributed by atoms with E-state index in [0.717, 1.165) is 51.3 Å². The van der Waals surface area contributed by atoms with Gasteiger partial charge >= 0.3 is 0 Å². The molecule has 0 spiro atoms. The fraction of sp³-hybridized carbons (Fsp3) is 0.375. The fourth-order valence-corrected chi connectivity index (χ4v) is 3.88. The SMILES string of the molecule is O=C(NCCCN1CCN(Cc2ccccc2)CC1)c1ccc(Cn2cncn2)cc1. The van der Waals surface area contributed by atoms with Crippen LogP contribution in [-0.2, 0) is 13.1 Å². The largest absolute Gasteiger partial charge is 0.352 e. The third-order valence-electron chi connectivity index (χ3n) is 5.68. The van der Waals surface area contributed by atoms with Crippen molar-refractivity contribution in [3.8, 4) is 0 Å². The minimum absolute atomic E-state index is 0.0139. The first-order valence-corrected chi connectivity index (χ1v) is 10.9. The van der Waals surface area contributed by atoms with Gasteiger partial charge in [0.05, 0.1) is 6.54 Å². The van der Waals surface area contributed by atoms with Gasteiger partial charge in [-0.1, -0.05) is 42.5 Å². The summed E-state index contributed by atoms with van der Waals surface area (Å²) in [6.07, 6.45) is 4.17. The molecule has 1 fully saturated rings. The van der Waals surface area contributed by atoms with Gasteiger partial charge < -0.3 is 10.2 Å². The van der Waals surface area contributed by atoms with Crippen LogP contribution in [0.4, 0.5) is 0 Å². The highest BCUT2D eigenvalue weighted by Crippen LogP contribution is 2.09. The van der Waals surface area contributed by atoms with Crippen molar-refractivity contribution in [1.82, 2.24) is 29.9 Å². The number of nitrogens with zero attached hydrogens (tertiary/aromatic N) is 5. The standard InChI is InChI=1S/C24H30N6O/c31-24(23-9-7-22(8-10-23)18-30-20-25-19-27-30)26-11-4-12-28-13-15-29(16-14-28)17-21-5-2-1-3-6-21/h1-3,5-10,19-20H,4,11-18H2,(H,26,31). The zero-order valence-electron chi connectivity index (χ0n) is 17.9. The average molecular weight is 419 g/mol. The minimum Gasteiger partial charge on any atom is -0.352 e. The highest BCUT2D eigenvalue weighted by atomic mass is 16.1. The number of piperazine rings is 1. The molecule has 2 aromatic carbocycles. The molecule has 4 rings (SSSR count). The molecule has 7 heteroatoms. The summed E-state index contributed by atoms with van der Waals surface area (Å²) >= 11 is 0. The van der Waals surface area contributed by atoms with Crippen LogP contribution in [0.2, 0.25) is 0 Å². The van der Waals surface area contributed by atoms with E-state index in [1.165, 1.54) is 11.9 Å². The molecule has 1 aliphatic heterocycles. The summed E-state index contributed by atoms with van der Waals surface area (Å²) in [5.74, 6) is -0.0139. The van der Waals surface area contributed by atoms with Crippen LogP contribution in [0.1, 0.15) is 27.9 Å². The Labute approximate surface area is 183 Å². The number of amides is 1. The van der Waals surface area contributed by atoms with Gasteiger partial charge in [0.1, 0.15) is 12.7 Å². The van der Waals surface area contributed by atoms with Crippen LogP contribution < -0.4 is 5.32 Å². The monoisotopic (exact) mass is 418 g/mol. The second-order valence-electron chi connectivity index (χ2n) is 8.00. The number of hydrogen-bond acceptors (Lipinski definition) is 5. The summed E-state index contributed by atoms with van der Waals surface area (Å²) in [4.78, 5) is 21.3. The smallest absolute Gasteiger partial charge is 0.251 e. The maximum absolute atomic E-state index is 12.4. The van der Waals surface area contributed by atoms with E-state index in [1.54, 1.807) is 11.0 Å². The van der Waals surface area contributed by atoms with Gasteiger partial charge in [0.15, 0.2) is 0 Å². The summed E-state index contributed by atoms with van der Waals surface area (Å²) in [6.45, 7) is 7.79. The third-order valence-corrected chi connectivity index (χ3v) is 5.68. The van der Waals surface area contributed by atoms with Gasteiger partial charge in [-0.3, -0.25) is 9.69 Å². The quantitative estimate of drug-likeness (QED) is 0.540. The number of carbonyl (C=O) groups is 1. The molecule has 0 aliphatic carbocycles. The summed E-state index contributed by atoms with van der Waals surface area (Å²) in [5.41, 5.74) is 3.16. The Morgan fingerprint density at radius 3 is 2.29 bits per heavy atom. The second-order valence-corrected chi connectivity index (χ2v) is 8.00. The van der Waals surface area contributed by atoms with Crippen LogP contribution in [0.5, 0.6) is 0 Å². The Bertz CT molecular complexity index is 918. The Hall–Kier alpha value is -3.03. The van der Waals surface area contributed by atoms with E-state index in [4.69, 9.17) is 0 Å². The van der Waals surface area contributed by atoms with E-state index < -0.39 is 0 Å². The summed E-state index contributed by atoms with van der Waals surface area (Å²) in [6, 6.07) is 18.3. The van der Waals surface area contributed by atoms with Crippen molar-refractivity contribution < 1.29 is 4.79 Å². The number of carbonyl (C=O) groups excluding carboxylic acids is 1. The first-order valence-electron chi connectivity index (χ1n) is 10.9. The maximum atomic E-state index is 12.4. The lowest BCUT2D eigenvalue weighted by Crippen LogP contribution is -2.46. The second kappa shape index (κ2) is 10.8. The van der Waals surface area contributed by atoms with Gasteiger partial charge in [0, 0.05) is 44.8 Å². The number of rotatable bonds is 9. The molecule has 0 bridgehead atoms. The van der Waals surface area contributed by atoms with Gasteiger partial charge in [-0.2, -0.15) is 5.10 Å². The molecule has 1 N–H and O–H groups in total. The Balaban J connectivity index is 1.11. The normalized spacial score (nSPS) is 15.1. The molecule has 0 atom stereocenters. The maximum Gasteiger partial charge on any atom is 0.251 e. The van der Waals surface area contributed by atoms with E-state index in [-0.39, 0.29) is 5.91 Å². The molecule has 7 nitrogen and oxygen atoms in total. The zero-order chi connectivity index (χ0) is 21.3. The number of nitrogens with one attached hydrogen (secondary N) is 1. The lowest BCUT2D eigenvalue weighted by molar-refractivity contribution is 0.0947. The predicted molar refractivity (Wildman–Crippen MR) is 121 cm³/mol. The minimum atomic E-state index is -0.0139. The molecule has 162 valence electrons. The average Bonchev–Trinajstić information content (AvgIpc) is 3.32. The predicted octanol–water partition coefficient (Wildman–Crippen LogP) is 2.26. The number of hydrogen-bond donors (Lipinski definition) is 1. The number of aromatic nitrogens is 3. The molecule has 2 heterocycles. The van der Waals surface area contributed by atoms with Gasteiger partial charge in [-0.05, 0) is 36.2 Å². The van der Waals surface area contributed by atoms with Crippen molar-refractivity contribution in [2.24, 2.45) is 0 Å². The van der Waals surface area contributed by atoms with E-state index in [0.29, 0.717) is 18.7 Å². The van der Waals surface area contributed by atoms with Gasteiger partial charge in [-0.25, -0.2) is 9.67 Å². The van der Waals surface area contributed by atoms with Crippen molar-refractivity contribution in [2.75, 3.05) is 39.3 Å². The van der Waals surface area contributed by atoms with Crippen molar-refractivity contribution in [1.29, 1.82) is 0 Å². The first-order chi connectivity index (χ1) is 15.3. The molecule has 31 heavy (non-hydrogen) atoms. The fourth-order valence-electron chi connectivity index (χ4n) is 3.88. The first kappa shape index (κ1) is 21.2. The Morgan fingerprint density at radius 2 is 1.58 bits per heavy atom. The van der Waals surface area contributed by atoms with Crippen LogP contribution in [0, 0.1) is 0 Å². The lowest BCUT2D eigenvalue weighted by Gasteiger charge is -2.34. The van der Waals surface area contributed by atoms with Crippen molar-refractivity contribution in [3.05, 3.63) is 83.9 Å². The van der Waals surface area contributed by atoms with Crippen molar-refractivity contribution in [3.63, 3.8) is 0 Å². The van der Waals surface area contributed by atoms with Crippen molar-refractivity contribution >= 4 is 5.91 Å². The molecular formula is C24H30N6O.